The molecule has 1 aliphatic heterocycles. The van der Waals surface area contributed by atoms with Crippen molar-refractivity contribution >= 4 is 33.7 Å². The Bertz CT molecular complexity index is 692. The van der Waals surface area contributed by atoms with Crippen LogP contribution in [0.5, 0.6) is 0 Å². The number of rotatable bonds is 5. The number of thiazole rings is 2. The van der Waals surface area contributed by atoms with Gasteiger partial charge in [-0.15, -0.1) is 22.7 Å². The van der Waals surface area contributed by atoms with Gasteiger partial charge in [0.25, 0.3) is 5.91 Å². The van der Waals surface area contributed by atoms with E-state index in [0.29, 0.717) is 17.4 Å². The van der Waals surface area contributed by atoms with Crippen molar-refractivity contribution in [2.24, 2.45) is 5.73 Å². The molecule has 2 atom stereocenters. The van der Waals surface area contributed by atoms with Gasteiger partial charge in [0.05, 0.1) is 17.9 Å². The molecule has 2 unspecified atom stereocenters. The highest BCUT2D eigenvalue weighted by Crippen LogP contribution is 2.20. The summed E-state index contributed by atoms with van der Waals surface area (Å²) >= 11 is 2.81. The smallest absolute Gasteiger partial charge is 0.276 e. The molecule has 9 heteroatoms. The van der Waals surface area contributed by atoms with Crippen molar-refractivity contribution in [2.45, 2.75) is 39.1 Å². The van der Waals surface area contributed by atoms with Gasteiger partial charge in [-0.05, 0) is 13.8 Å². The van der Waals surface area contributed by atoms with E-state index in [4.69, 9.17) is 10.5 Å². The minimum Gasteiger partial charge on any atom is -0.373 e. The van der Waals surface area contributed by atoms with Crippen LogP contribution in [0.25, 0.3) is 0 Å². The number of nitrogens with one attached hydrogen (secondary N) is 1. The Morgan fingerprint density at radius 3 is 2.75 bits per heavy atom. The summed E-state index contributed by atoms with van der Waals surface area (Å²) in [6.45, 7) is 7.06. The molecule has 0 aromatic carbocycles. The average molecular weight is 368 g/mol. The van der Waals surface area contributed by atoms with Gasteiger partial charge in [-0.25, -0.2) is 9.97 Å². The van der Waals surface area contributed by atoms with Gasteiger partial charge in [0.2, 0.25) is 0 Å². The van der Waals surface area contributed by atoms with Gasteiger partial charge in [-0.1, -0.05) is 0 Å². The van der Waals surface area contributed by atoms with Crippen LogP contribution < -0.4 is 11.1 Å². The van der Waals surface area contributed by atoms with Crippen molar-refractivity contribution in [1.82, 2.24) is 14.9 Å². The van der Waals surface area contributed by atoms with Crippen LogP contribution in [0.1, 0.15) is 35.0 Å². The number of anilines is 1. The lowest BCUT2D eigenvalue weighted by molar-refractivity contribution is -0.0707. The van der Waals surface area contributed by atoms with Crippen molar-refractivity contribution in [3.8, 4) is 0 Å². The fourth-order valence-corrected chi connectivity index (χ4v) is 4.10. The van der Waals surface area contributed by atoms with Crippen LogP contribution in [0.15, 0.2) is 10.8 Å². The van der Waals surface area contributed by atoms with Gasteiger partial charge in [0.15, 0.2) is 5.13 Å². The number of nitrogens with two attached hydrogens (primary N) is 1. The van der Waals surface area contributed by atoms with Gasteiger partial charge in [-0.2, -0.15) is 0 Å². The van der Waals surface area contributed by atoms with Crippen molar-refractivity contribution in [2.75, 3.05) is 18.4 Å². The SMILES string of the molecule is CC1CN(Cc2csc(NC(=O)c3csc(CN)n3)n2)CC(C)O1. The number of carbonyl (C=O) groups excluding carboxylic acids is 1. The monoisotopic (exact) mass is 367 g/mol. The van der Waals surface area contributed by atoms with Crippen molar-refractivity contribution in [3.05, 3.63) is 27.2 Å². The molecule has 1 aliphatic rings. The standard InChI is InChI=1S/C15H21N5O2S2/c1-9-4-20(5-10(2)22-9)6-11-7-24-15(17-11)19-14(21)12-8-23-13(3-16)18-12/h7-10H,3-6,16H2,1-2H3,(H,17,19,21). The van der Waals surface area contributed by atoms with E-state index in [1.54, 1.807) is 5.38 Å². The van der Waals surface area contributed by atoms with Crippen LogP contribution in [0.4, 0.5) is 5.13 Å². The summed E-state index contributed by atoms with van der Waals surface area (Å²) < 4.78 is 5.74. The summed E-state index contributed by atoms with van der Waals surface area (Å²) in [6, 6.07) is 0. The zero-order chi connectivity index (χ0) is 17.1. The van der Waals surface area contributed by atoms with Crippen LogP contribution >= 0.6 is 22.7 Å². The number of morpholine rings is 1. The van der Waals surface area contributed by atoms with Gasteiger partial charge in [0, 0.05) is 36.9 Å². The molecule has 1 fully saturated rings. The van der Waals surface area contributed by atoms with E-state index in [2.05, 4.69) is 34.0 Å². The molecule has 1 saturated heterocycles. The molecule has 130 valence electrons. The van der Waals surface area contributed by atoms with E-state index in [9.17, 15) is 4.79 Å². The number of amides is 1. The highest BCUT2D eigenvalue weighted by atomic mass is 32.1. The Balaban J connectivity index is 1.58. The Labute approximate surface area is 148 Å². The zero-order valence-corrected chi connectivity index (χ0v) is 15.3. The maximum absolute atomic E-state index is 12.2. The zero-order valence-electron chi connectivity index (χ0n) is 13.7. The highest BCUT2D eigenvalue weighted by Gasteiger charge is 2.23. The number of ether oxygens (including phenoxy) is 1. The molecule has 3 N–H and O–H groups in total. The van der Waals surface area contributed by atoms with E-state index in [-0.39, 0.29) is 18.1 Å². The number of nitrogens with zero attached hydrogens (tertiary/aromatic N) is 3. The van der Waals surface area contributed by atoms with E-state index in [0.717, 1.165) is 30.3 Å². The third-order valence-corrected chi connectivity index (χ3v) is 5.29. The number of aromatic nitrogens is 2. The maximum atomic E-state index is 12.2. The molecule has 24 heavy (non-hydrogen) atoms. The maximum Gasteiger partial charge on any atom is 0.276 e. The second kappa shape index (κ2) is 7.66. The molecular formula is C15H21N5O2S2. The van der Waals surface area contributed by atoms with Crippen molar-refractivity contribution in [1.29, 1.82) is 0 Å². The fourth-order valence-electron chi connectivity index (χ4n) is 2.75. The van der Waals surface area contributed by atoms with Crippen molar-refractivity contribution < 1.29 is 9.53 Å². The summed E-state index contributed by atoms with van der Waals surface area (Å²) in [6.07, 6.45) is 0.459. The van der Waals surface area contributed by atoms with Gasteiger partial charge in [-0.3, -0.25) is 15.0 Å². The predicted molar refractivity (Wildman–Crippen MR) is 95.4 cm³/mol. The van der Waals surface area contributed by atoms with Gasteiger partial charge in [0.1, 0.15) is 10.7 Å². The quantitative estimate of drug-likeness (QED) is 0.839. The average Bonchev–Trinajstić information content (AvgIpc) is 3.15. The minimum absolute atomic E-state index is 0.230. The molecule has 7 nitrogen and oxygen atoms in total. The summed E-state index contributed by atoms with van der Waals surface area (Å²) in [5.41, 5.74) is 6.86. The van der Waals surface area contributed by atoms with E-state index in [1.165, 1.54) is 22.7 Å². The van der Waals surface area contributed by atoms with Gasteiger partial charge >= 0.3 is 0 Å². The van der Waals surface area contributed by atoms with E-state index >= 15 is 0 Å². The molecule has 0 radical (unpaired) electrons. The van der Waals surface area contributed by atoms with E-state index in [1.807, 2.05) is 5.38 Å². The van der Waals surface area contributed by atoms with Crippen LogP contribution in [0, 0.1) is 0 Å². The molecule has 0 aliphatic carbocycles. The Morgan fingerprint density at radius 1 is 1.33 bits per heavy atom. The molecule has 0 saturated carbocycles. The first kappa shape index (κ1) is 17.4. The molecule has 3 heterocycles. The summed E-state index contributed by atoms with van der Waals surface area (Å²) in [7, 11) is 0. The number of hydrogen-bond donors (Lipinski definition) is 2. The summed E-state index contributed by atoms with van der Waals surface area (Å²) in [4.78, 5) is 23.2. The first-order chi connectivity index (χ1) is 11.5. The topological polar surface area (TPSA) is 93.4 Å². The lowest BCUT2D eigenvalue weighted by Crippen LogP contribution is -2.44. The lowest BCUT2D eigenvalue weighted by Gasteiger charge is -2.34. The van der Waals surface area contributed by atoms with Crippen LogP contribution in [0.2, 0.25) is 0 Å². The third-order valence-electron chi connectivity index (χ3n) is 3.61. The Hall–Kier alpha value is -1.39. The summed E-state index contributed by atoms with van der Waals surface area (Å²) in [5, 5.41) is 7.82. The normalized spacial score (nSPS) is 21.8. The lowest BCUT2D eigenvalue weighted by atomic mass is 10.2. The Kier molecular flexibility index (Phi) is 5.57. The van der Waals surface area contributed by atoms with Crippen molar-refractivity contribution in [3.63, 3.8) is 0 Å². The molecule has 2 aromatic heterocycles. The molecule has 0 spiro atoms. The highest BCUT2D eigenvalue weighted by molar-refractivity contribution is 7.14. The molecule has 0 bridgehead atoms. The summed E-state index contributed by atoms with van der Waals surface area (Å²) in [5.74, 6) is -0.250. The van der Waals surface area contributed by atoms with Crippen LogP contribution in [-0.4, -0.2) is 46.1 Å². The molecule has 1 amide bonds. The van der Waals surface area contributed by atoms with Crippen LogP contribution in [-0.2, 0) is 17.8 Å². The second-order valence-electron chi connectivity index (χ2n) is 5.88. The molecular weight excluding hydrogens is 346 g/mol. The first-order valence-electron chi connectivity index (χ1n) is 7.81. The number of carbonyl (C=O) groups is 1. The van der Waals surface area contributed by atoms with Gasteiger partial charge < -0.3 is 10.5 Å². The first-order valence-corrected chi connectivity index (χ1v) is 9.57. The third kappa shape index (κ3) is 4.37. The fraction of sp³-hybridized carbons (Fsp3) is 0.533. The molecule has 3 rings (SSSR count). The largest absolute Gasteiger partial charge is 0.373 e. The van der Waals surface area contributed by atoms with Crippen LogP contribution in [0.3, 0.4) is 0 Å². The minimum atomic E-state index is -0.250. The van der Waals surface area contributed by atoms with E-state index < -0.39 is 0 Å². The predicted octanol–water partition coefficient (Wildman–Crippen LogP) is 1.92. The number of hydrogen-bond acceptors (Lipinski definition) is 8. The molecule has 2 aromatic rings. The second-order valence-corrected chi connectivity index (χ2v) is 7.68. The Morgan fingerprint density at radius 2 is 2.08 bits per heavy atom.